The monoisotopic (exact) mass is 349 g/mol. The van der Waals surface area contributed by atoms with E-state index in [0.29, 0.717) is 23.7 Å². The maximum atomic E-state index is 12.1. The van der Waals surface area contributed by atoms with Crippen molar-refractivity contribution in [3.63, 3.8) is 0 Å². The predicted octanol–water partition coefficient (Wildman–Crippen LogP) is 3.84. The van der Waals surface area contributed by atoms with Crippen molar-refractivity contribution in [3.8, 4) is 0 Å². The van der Waals surface area contributed by atoms with Crippen molar-refractivity contribution in [3.05, 3.63) is 65.9 Å². The number of ether oxygens (including phenoxy) is 1. The molecule has 26 heavy (non-hydrogen) atoms. The molecule has 7 heteroatoms. The Kier molecular flexibility index (Phi) is 5.38. The van der Waals surface area contributed by atoms with Gasteiger partial charge in [-0.3, -0.25) is 0 Å². The fraction of sp³-hybridized carbons (Fsp3) is 0.158. The molecule has 132 valence electrons. The number of benzene rings is 2. The highest BCUT2D eigenvalue weighted by molar-refractivity contribution is 5.96. The minimum atomic E-state index is -0.405. The third-order valence-corrected chi connectivity index (χ3v) is 3.55. The van der Waals surface area contributed by atoms with Crippen molar-refractivity contribution < 1.29 is 9.53 Å². The lowest BCUT2D eigenvalue weighted by Gasteiger charge is -2.11. The van der Waals surface area contributed by atoms with Crippen LogP contribution in [0.5, 0.6) is 0 Å². The molecule has 0 saturated carbocycles. The van der Waals surface area contributed by atoms with Gasteiger partial charge in [-0.1, -0.05) is 29.8 Å². The second-order valence-corrected chi connectivity index (χ2v) is 5.55. The molecule has 3 rings (SSSR count). The van der Waals surface area contributed by atoms with Crippen LogP contribution in [-0.4, -0.2) is 27.8 Å². The highest BCUT2D eigenvalue weighted by atomic mass is 16.5. The first-order valence-electron chi connectivity index (χ1n) is 8.22. The van der Waals surface area contributed by atoms with Crippen LogP contribution in [0.2, 0.25) is 0 Å². The summed E-state index contributed by atoms with van der Waals surface area (Å²) in [7, 11) is 0. The molecule has 0 unspecified atom stereocenters. The smallest absolute Gasteiger partial charge is 0.340 e. The number of aromatic nitrogens is 3. The Bertz CT molecular complexity index is 896. The summed E-state index contributed by atoms with van der Waals surface area (Å²) in [6.07, 6.45) is 1.53. The Labute approximate surface area is 151 Å². The van der Waals surface area contributed by atoms with Gasteiger partial charge in [0.2, 0.25) is 5.95 Å². The van der Waals surface area contributed by atoms with Crippen LogP contribution in [0.25, 0.3) is 0 Å². The predicted molar refractivity (Wildman–Crippen MR) is 100.0 cm³/mol. The molecule has 0 radical (unpaired) electrons. The van der Waals surface area contributed by atoms with Gasteiger partial charge in [-0.05, 0) is 38.1 Å². The molecule has 2 N–H and O–H groups in total. The zero-order chi connectivity index (χ0) is 18.4. The van der Waals surface area contributed by atoms with Gasteiger partial charge in [0, 0.05) is 5.69 Å². The summed E-state index contributed by atoms with van der Waals surface area (Å²) in [5, 5.41) is 14.1. The van der Waals surface area contributed by atoms with Crippen molar-refractivity contribution in [2.45, 2.75) is 13.8 Å². The van der Waals surface area contributed by atoms with Crippen LogP contribution in [-0.2, 0) is 4.74 Å². The van der Waals surface area contributed by atoms with E-state index in [1.54, 1.807) is 25.1 Å². The Morgan fingerprint density at radius 3 is 2.62 bits per heavy atom. The second kappa shape index (κ2) is 8.06. The van der Waals surface area contributed by atoms with E-state index in [2.05, 4.69) is 25.8 Å². The van der Waals surface area contributed by atoms with E-state index in [-0.39, 0.29) is 5.95 Å². The van der Waals surface area contributed by atoms with Gasteiger partial charge >= 0.3 is 5.97 Å². The van der Waals surface area contributed by atoms with Crippen molar-refractivity contribution in [2.24, 2.45) is 0 Å². The minimum absolute atomic E-state index is 0.277. The fourth-order valence-corrected chi connectivity index (χ4v) is 2.30. The number of para-hydroxylation sites is 1. The molecule has 0 atom stereocenters. The van der Waals surface area contributed by atoms with E-state index in [9.17, 15) is 4.79 Å². The number of esters is 1. The van der Waals surface area contributed by atoms with Gasteiger partial charge in [0.25, 0.3) is 0 Å². The highest BCUT2D eigenvalue weighted by Crippen LogP contribution is 2.21. The molecule has 0 saturated heterocycles. The van der Waals surface area contributed by atoms with Crippen LogP contribution in [0.15, 0.2) is 54.7 Å². The first-order chi connectivity index (χ1) is 12.7. The van der Waals surface area contributed by atoms with Gasteiger partial charge in [0.1, 0.15) is 0 Å². The summed E-state index contributed by atoms with van der Waals surface area (Å²) in [5.74, 6) is 0.413. The molecule has 0 aliphatic carbocycles. The number of carbonyl (C=O) groups is 1. The first-order valence-corrected chi connectivity index (χ1v) is 8.22. The van der Waals surface area contributed by atoms with Crippen LogP contribution in [0, 0.1) is 6.92 Å². The van der Waals surface area contributed by atoms with E-state index >= 15 is 0 Å². The van der Waals surface area contributed by atoms with Crippen LogP contribution in [0.4, 0.5) is 23.1 Å². The van der Waals surface area contributed by atoms with Gasteiger partial charge in [0.15, 0.2) is 5.82 Å². The largest absolute Gasteiger partial charge is 0.462 e. The summed E-state index contributed by atoms with van der Waals surface area (Å²) >= 11 is 0. The van der Waals surface area contributed by atoms with Crippen LogP contribution < -0.4 is 10.6 Å². The van der Waals surface area contributed by atoms with Gasteiger partial charge in [-0.15, -0.1) is 5.10 Å². The third kappa shape index (κ3) is 4.32. The maximum Gasteiger partial charge on any atom is 0.340 e. The molecular formula is C19H19N5O2. The lowest BCUT2D eigenvalue weighted by atomic mass is 10.2. The molecular weight excluding hydrogens is 330 g/mol. The molecule has 0 aliphatic heterocycles. The Morgan fingerprint density at radius 2 is 1.85 bits per heavy atom. The normalized spacial score (nSPS) is 10.2. The summed E-state index contributed by atoms with van der Waals surface area (Å²) in [5.41, 5.74) is 3.04. The maximum absolute atomic E-state index is 12.1. The molecule has 0 aliphatic rings. The van der Waals surface area contributed by atoms with Gasteiger partial charge in [-0.25, -0.2) is 4.79 Å². The average Bonchev–Trinajstić information content (AvgIpc) is 2.65. The molecule has 0 amide bonds. The number of hydrogen-bond donors (Lipinski definition) is 2. The summed E-state index contributed by atoms with van der Waals surface area (Å²) in [4.78, 5) is 16.4. The molecule has 2 aromatic carbocycles. The topological polar surface area (TPSA) is 89.0 Å². The molecule has 3 aromatic rings. The number of rotatable bonds is 6. The van der Waals surface area contributed by atoms with E-state index in [1.165, 1.54) is 11.8 Å². The van der Waals surface area contributed by atoms with Crippen LogP contribution in [0.1, 0.15) is 22.8 Å². The quantitative estimate of drug-likeness (QED) is 0.653. The number of carbonyl (C=O) groups excluding carboxylic acids is 1. The number of hydrogen-bond acceptors (Lipinski definition) is 7. The standard InChI is InChI=1S/C19H19N5O2/c1-3-26-18(25)15-6-4-5-7-16(15)22-19-23-17(12-20-24-19)21-14-10-8-13(2)9-11-14/h4-12H,3H2,1-2H3,(H2,21,22,23,24). The van der Waals surface area contributed by atoms with Crippen molar-refractivity contribution in [1.29, 1.82) is 0 Å². The van der Waals surface area contributed by atoms with Crippen LogP contribution >= 0.6 is 0 Å². The minimum Gasteiger partial charge on any atom is -0.462 e. The van der Waals surface area contributed by atoms with E-state index in [1.807, 2.05) is 37.3 Å². The van der Waals surface area contributed by atoms with E-state index < -0.39 is 5.97 Å². The first kappa shape index (κ1) is 17.3. The fourth-order valence-electron chi connectivity index (χ4n) is 2.30. The Morgan fingerprint density at radius 1 is 1.08 bits per heavy atom. The lowest BCUT2D eigenvalue weighted by Crippen LogP contribution is -2.09. The highest BCUT2D eigenvalue weighted by Gasteiger charge is 2.13. The van der Waals surface area contributed by atoms with Crippen LogP contribution in [0.3, 0.4) is 0 Å². The van der Waals surface area contributed by atoms with Crippen molar-refractivity contribution >= 4 is 29.1 Å². The molecule has 0 spiro atoms. The summed E-state index contributed by atoms with van der Waals surface area (Å²) in [6, 6.07) is 15.0. The molecule has 1 aromatic heterocycles. The number of nitrogens with one attached hydrogen (secondary N) is 2. The van der Waals surface area contributed by atoms with Gasteiger partial charge in [0.05, 0.1) is 24.1 Å². The van der Waals surface area contributed by atoms with Gasteiger partial charge in [-0.2, -0.15) is 10.1 Å². The zero-order valence-electron chi connectivity index (χ0n) is 14.6. The number of nitrogens with zero attached hydrogens (tertiary/aromatic N) is 3. The van der Waals surface area contributed by atoms with Crippen molar-refractivity contribution in [2.75, 3.05) is 17.2 Å². The number of aryl methyl sites for hydroxylation is 1. The third-order valence-electron chi connectivity index (χ3n) is 3.55. The SMILES string of the molecule is CCOC(=O)c1ccccc1Nc1nncc(Nc2ccc(C)cc2)n1. The van der Waals surface area contributed by atoms with Gasteiger partial charge < -0.3 is 15.4 Å². The second-order valence-electron chi connectivity index (χ2n) is 5.55. The summed E-state index contributed by atoms with van der Waals surface area (Å²) < 4.78 is 5.07. The van der Waals surface area contributed by atoms with Crippen molar-refractivity contribution in [1.82, 2.24) is 15.2 Å². The average molecular weight is 349 g/mol. The Hall–Kier alpha value is -3.48. The summed E-state index contributed by atoms with van der Waals surface area (Å²) in [6.45, 7) is 4.10. The number of anilines is 4. The van der Waals surface area contributed by atoms with E-state index in [0.717, 1.165) is 5.69 Å². The molecule has 7 nitrogen and oxygen atoms in total. The molecule has 0 fully saturated rings. The molecule has 1 heterocycles. The lowest BCUT2D eigenvalue weighted by molar-refractivity contribution is 0.0527. The molecule has 0 bridgehead atoms. The zero-order valence-corrected chi connectivity index (χ0v) is 14.6. The van der Waals surface area contributed by atoms with E-state index in [4.69, 9.17) is 4.74 Å². The Balaban J connectivity index is 1.79.